The average molecular weight is 347 g/mol. The Labute approximate surface area is 155 Å². The van der Waals surface area contributed by atoms with Gasteiger partial charge in [0.25, 0.3) is 0 Å². The third kappa shape index (κ3) is 4.70. The first kappa shape index (κ1) is 18.2. The summed E-state index contributed by atoms with van der Waals surface area (Å²) in [4.78, 5) is 14.7. The number of ether oxygens (including phenoxy) is 1. The number of carbonyl (C=O) groups excluding carboxylic acids is 1. The molecule has 0 bridgehead atoms. The van der Waals surface area contributed by atoms with Crippen LogP contribution in [0.3, 0.4) is 0 Å². The van der Waals surface area contributed by atoms with E-state index in [9.17, 15) is 4.79 Å². The molecule has 2 aromatic carbocycles. The third-order valence-electron chi connectivity index (χ3n) is 4.54. The Hall–Kier alpha value is -2.65. The number of rotatable bonds is 5. The second-order valence-electron chi connectivity index (χ2n) is 6.61. The fourth-order valence-electron chi connectivity index (χ4n) is 2.95. The SMILES string of the molecule is Cc1ccc(C(=O)/C=C/C=C(\c2ccc(C)cc2)N2CCOCC2)cc1. The lowest BCUT2D eigenvalue weighted by Crippen LogP contribution is -2.34. The normalized spacial score (nSPS) is 15.5. The smallest absolute Gasteiger partial charge is 0.185 e. The minimum atomic E-state index is 0.0199. The second-order valence-corrected chi connectivity index (χ2v) is 6.61. The topological polar surface area (TPSA) is 29.5 Å². The van der Waals surface area contributed by atoms with Gasteiger partial charge in [0.05, 0.1) is 13.2 Å². The lowest BCUT2D eigenvalue weighted by Gasteiger charge is -2.31. The predicted molar refractivity (Wildman–Crippen MR) is 106 cm³/mol. The van der Waals surface area contributed by atoms with Gasteiger partial charge in [-0.25, -0.2) is 0 Å². The van der Waals surface area contributed by atoms with E-state index in [0.29, 0.717) is 5.56 Å². The van der Waals surface area contributed by atoms with Crippen molar-refractivity contribution in [3.8, 4) is 0 Å². The highest BCUT2D eigenvalue weighted by Crippen LogP contribution is 2.21. The Kier molecular flexibility index (Phi) is 6.03. The quantitative estimate of drug-likeness (QED) is 0.456. The van der Waals surface area contributed by atoms with E-state index in [1.807, 2.05) is 43.3 Å². The molecule has 1 fully saturated rings. The summed E-state index contributed by atoms with van der Waals surface area (Å²) in [7, 11) is 0. The fraction of sp³-hybridized carbons (Fsp3) is 0.261. The number of morpholine rings is 1. The molecule has 1 heterocycles. The maximum atomic E-state index is 12.3. The van der Waals surface area contributed by atoms with Crippen molar-refractivity contribution in [1.82, 2.24) is 4.90 Å². The Bertz CT molecular complexity index is 795. The van der Waals surface area contributed by atoms with Crippen LogP contribution in [0, 0.1) is 13.8 Å². The Morgan fingerprint density at radius 2 is 1.42 bits per heavy atom. The minimum absolute atomic E-state index is 0.0199. The van der Waals surface area contributed by atoms with E-state index in [1.165, 1.54) is 5.56 Å². The first-order valence-corrected chi connectivity index (χ1v) is 9.02. The van der Waals surface area contributed by atoms with Crippen molar-refractivity contribution in [2.24, 2.45) is 0 Å². The molecule has 1 aliphatic rings. The Morgan fingerprint density at radius 1 is 0.885 bits per heavy atom. The van der Waals surface area contributed by atoms with Crippen LogP contribution in [-0.4, -0.2) is 37.0 Å². The van der Waals surface area contributed by atoms with Crippen LogP contribution in [0.15, 0.2) is 66.8 Å². The van der Waals surface area contributed by atoms with E-state index >= 15 is 0 Å². The molecule has 0 aromatic heterocycles. The van der Waals surface area contributed by atoms with E-state index in [-0.39, 0.29) is 5.78 Å². The van der Waals surface area contributed by atoms with Gasteiger partial charge in [-0.3, -0.25) is 4.79 Å². The molecule has 0 unspecified atom stereocenters. The molecule has 134 valence electrons. The maximum absolute atomic E-state index is 12.3. The largest absolute Gasteiger partial charge is 0.378 e. The van der Waals surface area contributed by atoms with Gasteiger partial charge < -0.3 is 9.64 Å². The zero-order valence-corrected chi connectivity index (χ0v) is 15.4. The zero-order chi connectivity index (χ0) is 18.4. The molecule has 26 heavy (non-hydrogen) atoms. The molecule has 2 aromatic rings. The molecule has 0 N–H and O–H groups in total. The summed E-state index contributed by atoms with van der Waals surface area (Å²) < 4.78 is 5.47. The molecular formula is C23H25NO2. The van der Waals surface area contributed by atoms with E-state index in [0.717, 1.165) is 43.1 Å². The lowest BCUT2D eigenvalue weighted by molar-refractivity contribution is 0.0639. The predicted octanol–water partition coefficient (Wildman–Crippen LogP) is 4.42. The molecule has 0 radical (unpaired) electrons. The third-order valence-corrected chi connectivity index (χ3v) is 4.54. The van der Waals surface area contributed by atoms with Crippen molar-refractivity contribution >= 4 is 11.5 Å². The summed E-state index contributed by atoms with van der Waals surface area (Å²) in [6.07, 6.45) is 5.52. The van der Waals surface area contributed by atoms with Crippen LogP contribution in [-0.2, 0) is 4.74 Å². The number of carbonyl (C=O) groups is 1. The van der Waals surface area contributed by atoms with Crippen LogP contribution in [0.4, 0.5) is 0 Å². The number of allylic oxidation sites excluding steroid dienone is 3. The summed E-state index contributed by atoms with van der Waals surface area (Å²) in [6, 6.07) is 16.2. The summed E-state index contributed by atoms with van der Waals surface area (Å²) in [6.45, 7) is 7.29. The molecule has 0 spiro atoms. The van der Waals surface area contributed by atoms with Gasteiger partial charge in [-0.2, -0.15) is 0 Å². The Morgan fingerprint density at radius 3 is 2.00 bits per heavy atom. The van der Waals surface area contributed by atoms with Gasteiger partial charge in [0, 0.05) is 24.4 Å². The summed E-state index contributed by atoms with van der Waals surface area (Å²) in [5.74, 6) is 0.0199. The molecule has 0 atom stereocenters. The molecule has 0 saturated carbocycles. The number of aryl methyl sites for hydroxylation is 2. The van der Waals surface area contributed by atoms with E-state index in [2.05, 4.69) is 36.1 Å². The monoisotopic (exact) mass is 347 g/mol. The van der Waals surface area contributed by atoms with Gasteiger partial charge >= 0.3 is 0 Å². The lowest BCUT2D eigenvalue weighted by atomic mass is 10.1. The highest BCUT2D eigenvalue weighted by Gasteiger charge is 2.14. The first-order chi connectivity index (χ1) is 12.6. The second kappa shape index (κ2) is 8.63. The summed E-state index contributed by atoms with van der Waals surface area (Å²) >= 11 is 0. The Balaban J connectivity index is 1.82. The van der Waals surface area contributed by atoms with Crippen LogP contribution in [0.25, 0.3) is 5.70 Å². The first-order valence-electron chi connectivity index (χ1n) is 9.02. The standard InChI is InChI=1S/C23H25NO2/c1-18-6-10-20(11-7-18)22(24-14-16-26-17-15-24)4-3-5-23(25)21-12-8-19(2)9-13-21/h3-13H,14-17H2,1-2H3/b5-3+,22-4+. The molecule has 1 aliphatic heterocycles. The molecule has 3 rings (SSSR count). The summed E-state index contributed by atoms with van der Waals surface area (Å²) in [5, 5.41) is 0. The number of nitrogens with zero attached hydrogens (tertiary/aromatic N) is 1. The van der Waals surface area contributed by atoms with Crippen molar-refractivity contribution < 1.29 is 9.53 Å². The molecule has 3 heteroatoms. The highest BCUT2D eigenvalue weighted by atomic mass is 16.5. The summed E-state index contributed by atoms with van der Waals surface area (Å²) in [5.41, 5.74) is 5.38. The zero-order valence-electron chi connectivity index (χ0n) is 15.4. The molecule has 1 saturated heterocycles. The number of ketones is 1. The van der Waals surface area contributed by atoms with Crippen molar-refractivity contribution in [2.45, 2.75) is 13.8 Å². The van der Waals surface area contributed by atoms with Crippen molar-refractivity contribution in [3.05, 3.63) is 89.0 Å². The number of hydrogen-bond donors (Lipinski definition) is 0. The van der Waals surface area contributed by atoms with Crippen LogP contribution >= 0.6 is 0 Å². The van der Waals surface area contributed by atoms with Gasteiger partial charge in [-0.1, -0.05) is 65.7 Å². The fourth-order valence-corrected chi connectivity index (χ4v) is 2.95. The van der Waals surface area contributed by atoms with Crippen molar-refractivity contribution in [2.75, 3.05) is 26.3 Å². The van der Waals surface area contributed by atoms with Gasteiger partial charge in [0.15, 0.2) is 5.78 Å². The van der Waals surface area contributed by atoms with Crippen LogP contribution < -0.4 is 0 Å². The number of hydrogen-bond acceptors (Lipinski definition) is 3. The molecular weight excluding hydrogens is 322 g/mol. The van der Waals surface area contributed by atoms with Crippen LogP contribution in [0.1, 0.15) is 27.0 Å². The molecule has 3 nitrogen and oxygen atoms in total. The van der Waals surface area contributed by atoms with Crippen LogP contribution in [0.2, 0.25) is 0 Å². The van der Waals surface area contributed by atoms with E-state index in [4.69, 9.17) is 4.74 Å². The highest BCUT2D eigenvalue weighted by molar-refractivity contribution is 6.04. The average Bonchev–Trinajstić information content (AvgIpc) is 2.67. The van der Waals surface area contributed by atoms with E-state index < -0.39 is 0 Å². The van der Waals surface area contributed by atoms with Crippen molar-refractivity contribution in [3.63, 3.8) is 0 Å². The number of benzene rings is 2. The van der Waals surface area contributed by atoms with Gasteiger partial charge in [0.1, 0.15) is 0 Å². The molecule has 0 amide bonds. The molecule has 0 aliphatic carbocycles. The van der Waals surface area contributed by atoms with E-state index in [1.54, 1.807) is 6.08 Å². The van der Waals surface area contributed by atoms with Gasteiger partial charge in [0.2, 0.25) is 0 Å². The van der Waals surface area contributed by atoms with Crippen molar-refractivity contribution in [1.29, 1.82) is 0 Å². The maximum Gasteiger partial charge on any atom is 0.185 e. The van der Waals surface area contributed by atoms with Gasteiger partial charge in [-0.05, 0) is 31.6 Å². The van der Waals surface area contributed by atoms with Crippen LogP contribution in [0.5, 0.6) is 0 Å². The minimum Gasteiger partial charge on any atom is -0.378 e. The van der Waals surface area contributed by atoms with Gasteiger partial charge in [-0.15, -0.1) is 0 Å².